The molecule has 3 heterocycles. The van der Waals surface area contributed by atoms with Crippen LogP contribution in [0.4, 0.5) is 5.69 Å². The minimum atomic E-state index is -0.263. The number of nitrogens with one attached hydrogen (secondary N) is 1. The van der Waals surface area contributed by atoms with E-state index in [1.165, 1.54) is 5.56 Å². The Morgan fingerprint density at radius 1 is 1.08 bits per heavy atom. The number of allylic oxidation sites excluding steroid dienone is 1. The van der Waals surface area contributed by atoms with Gasteiger partial charge in [0.05, 0.1) is 16.8 Å². The minimum Gasteiger partial charge on any atom is -0.868 e. The van der Waals surface area contributed by atoms with Crippen molar-refractivity contribution in [2.24, 2.45) is 4.99 Å². The first kappa shape index (κ1) is 19.5. The van der Waals surface area contributed by atoms with Crippen molar-refractivity contribution in [3.05, 3.63) is 78.8 Å². The molecule has 4 rings (SSSR count). The average Bonchev–Trinajstić information content (AvgIpc) is 2.67. The Morgan fingerprint density at radius 3 is 2.73 bits per heavy atom. The van der Waals surface area contributed by atoms with Crippen molar-refractivity contribution in [1.29, 1.82) is 0 Å². The Kier molecular flexibility index (Phi) is 6.17. The number of benzene rings is 1. The summed E-state index contributed by atoms with van der Waals surface area (Å²) in [4.78, 5) is 12.3. The maximum Gasteiger partial charge on any atom is 1.00 e. The van der Waals surface area contributed by atoms with Crippen LogP contribution in [-0.2, 0) is 6.42 Å². The molecule has 0 aliphatic carbocycles. The third kappa shape index (κ3) is 3.60. The van der Waals surface area contributed by atoms with Gasteiger partial charge in [0.25, 0.3) is 0 Å². The van der Waals surface area contributed by atoms with Gasteiger partial charge in [0.2, 0.25) is 5.69 Å². The van der Waals surface area contributed by atoms with Crippen molar-refractivity contribution in [2.75, 3.05) is 0 Å². The van der Waals surface area contributed by atoms with Crippen molar-refractivity contribution in [3.8, 4) is 0 Å². The molecule has 1 aliphatic rings. The van der Waals surface area contributed by atoms with Crippen LogP contribution in [0.2, 0.25) is 0 Å². The van der Waals surface area contributed by atoms with Crippen molar-refractivity contribution in [2.45, 2.75) is 12.8 Å². The molecular formula is C21H17CsN3O+. The standard InChI is InChI=1S/C21H17N3O.Cs/c1-13(17-6-4-12-22-19(17)14(2)25)18-10-9-16-8-7-15-5-3-11-23-20(15)21(16)24-18;/h3-8,11-12,25H,1-2,9-10H2;/q;+1. The number of fused-ring (bicyclic) bond motifs is 3. The minimum absolute atomic E-state index is 0. The van der Waals surface area contributed by atoms with E-state index in [-0.39, 0.29) is 74.7 Å². The third-order valence-corrected chi connectivity index (χ3v) is 4.52. The summed E-state index contributed by atoms with van der Waals surface area (Å²) < 4.78 is 0. The van der Waals surface area contributed by atoms with Gasteiger partial charge in [-0.3, -0.25) is 9.98 Å². The van der Waals surface area contributed by atoms with Crippen LogP contribution in [0.1, 0.15) is 23.2 Å². The van der Waals surface area contributed by atoms with Gasteiger partial charge in [0.1, 0.15) is 0 Å². The topological polar surface area (TPSA) is 62.5 Å². The Morgan fingerprint density at radius 2 is 1.92 bits per heavy atom. The Labute approximate surface area is 211 Å². The van der Waals surface area contributed by atoms with Crippen LogP contribution in [0, 0.1) is 0 Å². The summed E-state index contributed by atoms with van der Waals surface area (Å²) in [5, 5.41) is 12.9. The van der Waals surface area contributed by atoms with Crippen LogP contribution >= 0.6 is 0 Å². The smallest absolute Gasteiger partial charge is 0.868 e. The van der Waals surface area contributed by atoms with Crippen molar-refractivity contribution in [3.63, 3.8) is 0 Å². The number of H-pyrrole nitrogens is 1. The first-order valence-corrected chi connectivity index (χ1v) is 8.16. The average molecular weight is 460 g/mol. The molecule has 3 aromatic rings. The summed E-state index contributed by atoms with van der Waals surface area (Å²) in [6.45, 7) is 7.71. The first-order chi connectivity index (χ1) is 12.1. The second-order valence-electron chi connectivity index (χ2n) is 6.07. The van der Waals surface area contributed by atoms with Crippen molar-refractivity contribution in [1.82, 2.24) is 4.98 Å². The summed E-state index contributed by atoms with van der Waals surface area (Å²) in [5.74, 6) is -0.263. The molecule has 26 heavy (non-hydrogen) atoms. The van der Waals surface area contributed by atoms with E-state index in [4.69, 9.17) is 4.99 Å². The van der Waals surface area contributed by atoms with Crippen LogP contribution in [-0.4, -0.2) is 10.7 Å². The summed E-state index contributed by atoms with van der Waals surface area (Å²) in [5.41, 5.74) is 5.84. The van der Waals surface area contributed by atoms with Gasteiger partial charge < -0.3 is 5.11 Å². The van der Waals surface area contributed by atoms with Crippen LogP contribution in [0.3, 0.4) is 0 Å². The molecule has 0 radical (unpaired) electrons. The molecule has 0 bridgehead atoms. The fraction of sp³-hybridized carbons (Fsp3) is 0.0952. The maximum atomic E-state index is 11.8. The van der Waals surface area contributed by atoms with Gasteiger partial charge in [-0.05, 0) is 36.3 Å². The number of aromatic amines is 1. The molecule has 1 N–H and O–H groups in total. The van der Waals surface area contributed by atoms with Crippen LogP contribution < -0.4 is 79.0 Å². The number of hydrogen-bond donors (Lipinski definition) is 0. The number of aromatic nitrogens is 2. The van der Waals surface area contributed by atoms with E-state index < -0.39 is 0 Å². The Hall–Kier alpha value is -1.22. The summed E-state index contributed by atoms with van der Waals surface area (Å²) in [7, 11) is 0. The molecule has 0 spiro atoms. The van der Waals surface area contributed by atoms with E-state index in [0.29, 0.717) is 5.69 Å². The third-order valence-electron chi connectivity index (χ3n) is 4.52. The quantitative estimate of drug-likeness (QED) is 0.522. The molecule has 1 aliphatic heterocycles. The van der Waals surface area contributed by atoms with Crippen LogP contribution in [0.25, 0.3) is 22.2 Å². The predicted octanol–water partition coefficient (Wildman–Crippen LogP) is 0.116. The molecule has 1 aromatic carbocycles. The molecule has 0 atom stereocenters. The molecule has 4 nitrogen and oxygen atoms in total. The first-order valence-electron chi connectivity index (χ1n) is 8.16. The zero-order valence-corrected chi connectivity index (χ0v) is 21.0. The zero-order chi connectivity index (χ0) is 17.4. The normalized spacial score (nSPS) is 12.7. The zero-order valence-electron chi connectivity index (χ0n) is 14.7. The molecule has 0 fully saturated rings. The number of hydrogen-bond acceptors (Lipinski definition) is 3. The summed E-state index contributed by atoms with van der Waals surface area (Å²) in [6.07, 6.45) is 5.16. The maximum absolute atomic E-state index is 11.8. The number of aryl methyl sites for hydroxylation is 1. The Bertz CT molecular complexity index is 1060. The van der Waals surface area contributed by atoms with E-state index in [0.717, 1.165) is 46.3 Å². The molecule has 122 valence electrons. The summed E-state index contributed by atoms with van der Waals surface area (Å²) in [6, 6.07) is 11.9. The molecule has 5 heteroatoms. The van der Waals surface area contributed by atoms with Crippen LogP contribution in [0.15, 0.2) is 66.9 Å². The number of aliphatic imine (C=N–C) groups is 1. The molecule has 0 saturated heterocycles. The molecule has 2 aromatic heterocycles. The molecule has 0 saturated carbocycles. The van der Waals surface area contributed by atoms with Gasteiger partial charge in [0.15, 0.2) is 6.20 Å². The largest absolute Gasteiger partial charge is 1.00 e. The van der Waals surface area contributed by atoms with E-state index in [9.17, 15) is 5.11 Å². The summed E-state index contributed by atoms with van der Waals surface area (Å²) >= 11 is 0. The van der Waals surface area contributed by atoms with Crippen LogP contribution in [0.5, 0.6) is 0 Å². The van der Waals surface area contributed by atoms with E-state index >= 15 is 0 Å². The van der Waals surface area contributed by atoms with Gasteiger partial charge in [-0.1, -0.05) is 24.8 Å². The fourth-order valence-corrected chi connectivity index (χ4v) is 3.23. The van der Waals surface area contributed by atoms with E-state index in [1.54, 1.807) is 12.4 Å². The SMILES string of the molecule is C=C(C1=Nc2c(ccc3cccnc23)CC1)c1ccc[nH+]c1C(=C)[O-].[Cs+]. The Balaban J connectivity index is 0.00000196. The number of nitrogens with zero attached hydrogens (tertiary/aromatic N) is 2. The van der Waals surface area contributed by atoms with E-state index in [1.807, 2.05) is 24.3 Å². The van der Waals surface area contributed by atoms with Gasteiger partial charge in [0, 0.05) is 28.9 Å². The number of pyridine rings is 2. The molecule has 0 amide bonds. The molecular weight excluding hydrogens is 443 g/mol. The predicted molar refractivity (Wildman–Crippen MR) is 98.2 cm³/mol. The fourth-order valence-electron chi connectivity index (χ4n) is 3.23. The van der Waals surface area contributed by atoms with Gasteiger partial charge in [-0.2, -0.15) is 0 Å². The van der Waals surface area contributed by atoms with Gasteiger partial charge in [-0.15, -0.1) is 6.58 Å². The van der Waals surface area contributed by atoms with Crippen molar-refractivity contribution >= 4 is 33.6 Å². The molecule has 0 unspecified atom stereocenters. The second-order valence-corrected chi connectivity index (χ2v) is 6.07. The van der Waals surface area contributed by atoms with E-state index in [2.05, 4.69) is 35.3 Å². The second kappa shape index (κ2) is 8.21. The van der Waals surface area contributed by atoms with Gasteiger partial charge >= 0.3 is 68.9 Å². The number of rotatable bonds is 3. The van der Waals surface area contributed by atoms with Gasteiger partial charge in [-0.25, -0.2) is 4.98 Å². The van der Waals surface area contributed by atoms with Crippen molar-refractivity contribution < 1.29 is 79.0 Å². The monoisotopic (exact) mass is 460 g/mol.